The molecule has 0 aliphatic carbocycles. The van der Waals surface area contributed by atoms with Crippen molar-refractivity contribution in [1.82, 2.24) is 14.1 Å². The molecule has 2 saturated heterocycles. The van der Waals surface area contributed by atoms with E-state index in [-0.39, 0.29) is 29.8 Å². The molecule has 2 fully saturated rings. The van der Waals surface area contributed by atoms with Crippen molar-refractivity contribution >= 4 is 33.8 Å². The van der Waals surface area contributed by atoms with Crippen molar-refractivity contribution < 1.29 is 48.0 Å². The van der Waals surface area contributed by atoms with Crippen molar-refractivity contribution in [3.05, 3.63) is 0 Å². The van der Waals surface area contributed by atoms with E-state index in [2.05, 4.69) is 19.0 Å². The van der Waals surface area contributed by atoms with E-state index >= 15 is 0 Å². The summed E-state index contributed by atoms with van der Waals surface area (Å²) >= 11 is 0. The van der Waals surface area contributed by atoms with E-state index in [1.54, 1.807) is 0 Å². The number of carboxylic acid groups (broad SMARTS) is 2. The second-order valence-electron chi connectivity index (χ2n) is 10.8. The van der Waals surface area contributed by atoms with E-state index in [9.17, 15) is 27.6 Å². The van der Waals surface area contributed by atoms with E-state index in [0.717, 1.165) is 42.8 Å². The Labute approximate surface area is 237 Å². The largest absolute Gasteiger partial charge is 0.479 e. The zero-order valence-electron chi connectivity index (χ0n) is 24.1. The van der Waals surface area contributed by atoms with Crippen LogP contribution < -0.4 is 0 Å². The highest BCUT2D eigenvalue weighted by atomic mass is 32.2. The summed E-state index contributed by atoms with van der Waals surface area (Å²) in [5.74, 6) is -4.16. The van der Waals surface area contributed by atoms with Crippen LogP contribution in [0.3, 0.4) is 0 Å². The summed E-state index contributed by atoms with van der Waals surface area (Å²) in [5.41, 5.74) is 0. The van der Waals surface area contributed by atoms with Gasteiger partial charge >= 0.3 is 11.9 Å². The molecule has 5 atom stereocenters. The number of likely N-dealkylation sites (tertiary alicyclic amines) is 1. The number of hydrogen-bond donors (Lipinski definition) is 4. The summed E-state index contributed by atoms with van der Waals surface area (Å²) in [4.78, 5) is 49.2. The molecule has 14 heteroatoms. The number of rotatable bonds is 16. The minimum Gasteiger partial charge on any atom is -0.479 e. The van der Waals surface area contributed by atoms with Crippen molar-refractivity contribution in [1.29, 1.82) is 0 Å². The van der Waals surface area contributed by atoms with E-state index in [1.165, 1.54) is 25.7 Å². The van der Waals surface area contributed by atoms with Gasteiger partial charge in [0.15, 0.2) is 12.2 Å². The van der Waals surface area contributed by atoms with Crippen LogP contribution in [0.25, 0.3) is 0 Å². The Bertz CT molecular complexity index is 940. The van der Waals surface area contributed by atoms with Gasteiger partial charge in [0.1, 0.15) is 0 Å². The first kappa shape index (κ1) is 35.7. The molecule has 40 heavy (non-hydrogen) atoms. The van der Waals surface area contributed by atoms with Crippen LogP contribution in [0.15, 0.2) is 0 Å². The first-order valence-electron chi connectivity index (χ1n) is 13.9. The average molecular weight is 594 g/mol. The van der Waals surface area contributed by atoms with Crippen molar-refractivity contribution in [2.45, 2.75) is 102 Å². The molecule has 2 amide bonds. The predicted molar refractivity (Wildman–Crippen MR) is 147 cm³/mol. The third kappa shape index (κ3) is 10.6. The van der Waals surface area contributed by atoms with Crippen molar-refractivity contribution in [2.24, 2.45) is 5.92 Å². The van der Waals surface area contributed by atoms with Gasteiger partial charge in [0.2, 0.25) is 21.8 Å². The van der Waals surface area contributed by atoms with Gasteiger partial charge in [-0.2, -0.15) is 0 Å². The number of hydrogen-bond acceptors (Lipinski definition) is 9. The highest BCUT2D eigenvalue weighted by Gasteiger charge is 2.56. The molecule has 2 aliphatic heterocycles. The third-order valence-electron chi connectivity index (χ3n) is 7.25. The summed E-state index contributed by atoms with van der Waals surface area (Å²) in [6, 6.07) is -0.661. The molecular formula is C26H47N3O10S. The zero-order chi connectivity index (χ0) is 30.6. The number of fused-ring (bicyclic) bond motifs is 1. The number of nitrogens with zero attached hydrogens (tertiary/aromatic N) is 3. The van der Waals surface area contributed by atoms with Crippen LogP contribution in [0.2, 0.25) is 0 Å². The Balaban J connectivity index is 0.000000680. The maximum absolute atomic E-state index is 12.9. The molecule has 13 nitrogen and oxygen atoms in total. The summed E-state index contributed by atoms with van der Waals surface area (Å²) in [6.45, 7) is 3.69. The molecule has 2 aliphatic rings. The van der Waals surface area contributed by atoms with Gasteiger partial charge in [-0.3, -0.25) is 9.59 Å². The highest BCUT2D eigenvalue weighted by molar-refractivity contribution is 7.88. The Morgan fingerprint density at radius 3 is 1.90 bits per heavy atom. The fourth-order valence-electron chi connectivity index (χ4n) is 5.32. The number of aliphatic hydroxyl groups excluding tert-OH is 2. The quantitative estimate of drug-likeness (QED) is 0.184. The van der Waals surface area contributed by atoms with Crippen LogP contribution in [0.5, 0.6) is 0 Å². The van der Waals surface area contributed by atoms with Crippen molar-refractivity contribution in [3.63, 3.8) is 0 Å². The van der Waals surface area contributed by atoms with Crippen molar-refractivity contribution in [3.8, 4) is 0 Å². The van der Waals surface area contributed by atoms with Crippen molar-refractivity contribution in [2.75, 3.05) is 33.4 Å². The minimum atomic E-state index is -3.60. The molecular weight excluding hydrogens is 546 g/mol. The molecule has 0 radical (unpaired) electrons. The molecule has 232 valence electrons. The fraction of sp³-hybridized carbons (Fsp3) is 0.846. The number of aliphatic hydroxyl groups is 2. The lowest BCUT2D eigenvalue weighted by atomic mass is 9.94. The lowest BCUT2D eigenvalue weighted by molar-refractivity contribution is -0.165. The van der Waals surface area contributed by atoms with Gasteiger partial charge in [0.05, 0.1) is 24.3 Å². The van der Waals surface area contributed by atoms with E-state index in [0.29, 0.717) is 25.8 Å². The Morgan fingerprint density at radius 2 is 1.45 bits per heavy atom. The van der Waals surface area contributed by atoms with Crippen LogP contribution in [0, 0.1) is 5.92 Å². The van der Waals surface area contributed by atoms with Gasteiger partial charge in [-0.1, -0.05) is 45.4 Å². The third-order valence-corrected chi connectivity index (χ3v) is 8.41. The topological polar surface area (TPSA) is 193 Å². The van der Waals surface area contributed by atoms with Crippen LogP contribution in [-0.4, -0.2) is 124 Å². The number of sulfonamides is 1. The standard InChI is InChI=1S/C22H41N3O4S.C4H6O6/c1-5-13-18-21-19(25(22(18)27)30(4,28)29)15-17-24(21)20(26)14-11-9-7-6-8-10-12-16-23(2)3;5-1(3(7)8)2(6)4(9)10/h18-19,21H,5-17H2,1-4H3;1-2,5-6H,(H,7,8)(H,9,10)/t18-,19+,21-;/m1./s1. The van der Waals surface area contributed by atoms with Gasteiger partial charge in [0, 0.05) is 13.0 Å². The SMILES string of the molecule is CCC[C@H]1C(=O)N(S(C)(=O)=O)[C@H]2CCN(C(=O)CCCCCCCCCN(C)C)[C@H]12.O=C(O)C(O)C(O)C(=O)O. The first-order valence-corrected chi connectivity index (χ1v) is 15.8. The van der Waals surface area contributed by atoms with Crippen LogP contribution >= 0.6 is 0 Å². The summed E-state index contributed by atoms with van der Waals surface area (Å²) < 4.78 is 25.4. The van der Waals surface area contributed by atoms with Gasteiger partial charge in [0.25, 0.3) is 0 Å². The molecule has 0 spiro atoms. The van der Waals surface area contributed by atoms with Crippen LogP contribution in [-0.2, 0) is 29.2 Å². The number of aliphatic carboxylic acids is 2. The number of unbranched alkanes of at least 4 members (excludes halogenated alkanes) is 6. The van der Waals surface area contributed by atoms with E-state index < -0.39 is 34.2 Å². The lowest BCUT2D eigenvalue weighted by Gasteiger charge is -2.27. The second-order valence-corrected chi connectivity index (χ2v) is 12.7. The van der Waals surface area contributed by atoms with Gasteiger partial charge in [-0.05, 0) is 46.3 Å². The molecule has 2 heterocycles. The summed E-state index contributed by atoms with van der Waals surface area (Å²) in [5, 5.41) is 32.5. The molecule has 0 aromatic rings. The van der Waals surface area contributed by atoms with Crippen LogP contribution in [0.4, 0.5) is 0 Å². The lowest BCUT2D eigenvalue weighted by Crippen LogP contribution is -2.43. The number of amides is 2. The number of carbonyl (C=O) groups is 4. The summed E-state index contributed by atoms with van der Waals surface area (Å²) in [6.07, 6.45) is 7.09. The van der Waals surface area contributed by atoms with Gasteiger partial charge in [-0.25, -0.2) is 22.3 Å². The predicted octanol–water partition coefficient (Wildman–Crippen LogP) is 0.734. The Kier molecular flexibility index (Phi) is 15.1. The monoisotopic (exact) mass is 593 g/mol. The first-order chi connectivity index (χ1) is 18.6. The second kappa shape index (κ2) is 16.8. The van der Waals surface area contributed by atoms with Crippen LogP contribution in [0.1, 0.15) is 77.6 Å². The maximum Gasteiger partial charge on any atom is 0.335 e. The average Bonchev–Trinajstić information content (AvgIpc) is 3.39. The summed E-state index contributed by atoms with van der Waals surface area (Å²) in [7, 11) is 0.601. The Morgan fingerprint density at radius 1 is 0.950 bits per heavy atom. The number of carbonyl (C=O) groups excluding carboxylic acids is 2. The zero-order valence-corrected chi connectivity index (χ0v) is 24.9. The normalized spacial score (nSPS) is 22.1. The van der Waals surface area contributed by atoms with E-state index in [4.69, 9.17) is 20.4 Å². The molecule has 2 unspecified atom stereocenters. The van der Waals surface area contributed by atoms with E-state index in [1.807, 2.05) is 11.8 Å². The molecule has 4 N–H and O–H groups in total. The van der Waals surface area contributed by atoms with Gasteiger partial charge in [-0.15, -0.1) is 0 Å². The molecule has 2 rings (SSSR count). The molecule has 0 bridgehead atoms. The minimum absolute atomic E-state index is 0.0812. The fourth-order valence-corrected chi connectivity index (χ4v) is 6.50. The molecule has 0 aromatic heterocycles. The molecule has 0 aromatic carbocycles. The Hall–Kier alpha value is -2.29. The van der Waals surface area contributed by atoms with Gasteiger partial charge < -0.3 is 30.2 Å². The maximum atomic E-state index is 12.9. The number of carboxylic acids is 2. The highest BCUT2D eigenvalue weighted by Crippen LogP contribution is 2.40. The smallest absolute Gasteiger partial charge is 0.335 e. The molecule has 0 saturated carbocycles.